The third-order valence-electron chi connectivity index (χ3n) is 13.9. The van der Waals surface area contributed by atoms with Gasteiger partial charge < -0.3 is 14.0 Å². The van der Waals surface area contributed by atoms with Crippen molar-refractivity contribution >= 4 is 17.7 Å². The van der Waals surface area contributed by atoms with E-state index in [4.69, 9.17) is 9.47 Å². The van der Waals surface area contributed by atoms with E-state index in [1.54, 1.807) is 13.8 Å². The molecule has 4 saturated carbocycles. The van der Waals surface area contributed by atoms with Gasteiger partial charge >= 0.3 is 11.9 Å². The second-order valence-electron chi connectivity index (χ2n) is 16.3. The summed E-state index contributed by atoms with van der Waals surface area (Å²) in [5.41, 5.74) is 0.177. The van der Waals surface area contributed by atoms with Crippen molar-refractivity contribution in [3.63, 3.8) is 0 Å². The number of ether oxygens (including phenoxy) is 2. The smallest absolute Gasteiger partial charge is 0.302 e. The molecule has 44 heavy (non-hydrogen) atoms. The number of carbonyl (C=O) groups excluding carboxylic acids is 3. The third kappa shape index (κ3) is 5.70. The minimum Gasteiger partial charge on any atom is -0.461 e. The van der Waals surface area contributed by atoms with Crippen LogP contribution < -0.4 is 0 Å². The molecule has 2 heterocycles. The van der Waals surface area contributed by atoms with Crippen LogP contribution in [0.2, 0.25) is 0 Å². The molecule has 0 bridgehead atoms. The van der Waals surface area contributed by atoms with Gasteiger partial charge in [0, 0.05) is 70.4 Å². The van der Waals surface area contributed by atoms with Crippen LogP contribution >= 0.6 is 0 Å². The van der Waals surface area contributed by atoms with Crippen LogP contribution in [0.1, 0.15) is 85.5 Å². The number of likely N-dealkylation sites (N-methyl/N-ethyl adjacent to an activating group) is 1. The first-order chi connectivity index (χ1) is 20.9. The molecule has 8 heteroatoms. The monoisotopic (exact) mass is 612 g/mol. The zero-order chi connectivity index (χ0) is 31.4. The maximum atomic E-state index is 12.6. The summed E-state index contributed by atoms with van der Waals surface area (Å²) >= 11 is 0. The summed E-state index contributed by atoms with van der Waals surface area (Å²) in [6, 6.07) is 0.468. The van der Waals surface area contributed by atoms with E-state index in [0.717, 1.165) is 76.0 Å². The van der Waals surface area contributed by atoms with Crippen molar-refractivity contribution in [2.24, 2.45) is 34.5 Å². The summed E-state index contributed by atoms with van der Waals surface area (Å²) < 4.78 is 13.4. The van der Waals surface area contributed by atoms with E-state index in [-0.39, 0.29) is 47.1 Å². The quantitative estimate of drug-likeness (QED) is 0.249. The number of fused-ring (bicyclic) bond motifs is 5. The zero-order valence-corrected chi connectivity index (χ0v) is 28.1. The average Bonchev–Trinajstić information content (AvgIpc) is 3.25. The Morgan fingerprint density at radius 1 is 0.909 bits per heavy atom. The number of ketones is 1. The Morgan fingerprint density at radius 2 is 1.57 bits per heavy atom. The van der Waals surface area contributed by atoms with E-state index in [1.807, 2.05) is 0 Å². The van der Waals surface area contributed by atoms with E-state index >= 15 is 0 Å². The van der Waals surface area contributed by atoms with Gasteiger partial charge in [-0.05, 0) is 80.1 Å². The van der Waals surface area contributed by atoms with Gasteiger partial charge in [-0.2, -0.15) is 0 Å². The molecule has 2 saturated heterocycles. The summed E-state index contributed by atoms with van der Waals surface area (Å²) in [6.45, 7) is 19.0. The molecule has 4 aliphatic carbocycles. The molecule has 8 nitrogen and oxygen atoms in total. The largest absolute Gasteiger partial charge is 0.461 e. The predicted octanol–water partition coefficient (Wildman–Crippen LogP) is 4.46. The molecule has 0 amide bonds. The number of quaternary nitrogens is 1. The number of esters is 2. The number of piperidine rings is 1. The van der Waals surface area contributed by atoms with E-state index in [9.17, 15) is 14.4 Å². The van der Waals surface area contributed by atoms with E-state index in [2.05, 4.69) is 43.3 Å². The number of Topliss-reactive ketones (excluding diaryl/α,β-unsaturated/α-hetero) is 1. The normalized spacial score (nSPS) is 44.2. The lowest BCUT2D eigenvalue weighted by Gasteiger charge is -2.62. The molecule has 6 rings (SSSR count). The molecule has 6 fully saturated rings. The number of carbonyl (C=O) groups is 3. The van der Waals surface area contributed by atoms with Gasteiger partial charge in [0.2, 0.25) is 0 Å². The van der Waals surface area contributed by atoms with Crippen LogP contribution in [0.5, 0.6) is 0 Å². The first kappa shape index (κ1) is 32.2. The number of piperazine rings is 1. The fourth-order valence-corrected chi connectivity index (χ4v) is 11.6. The lowest BCUT2D eigenvalue weighted by atomic mass is 9.44. The van der Waals surface area contributed by atoms with Gasteiger partial charge in [0.15, 0.2) is 0 Å². The van der Waals surface area contributed by atoms with Gasteiger partial charge in [0.1, 0.15) is 18.0 Å². The SMILES string of the molecule is C=CC[N+]1(C)CCN([C@H]2CC3C4CC[C@H]5C[C@H](OC(C)=O)[C@@H](N6CCC(=O)CC6)C[C@]5(C)C4CC[C@]3(C)[C@H]2OC(C)=O)CC1. The summed E-state index contributed by atoms with van der Waals surface area (Å²) in [5.74, 6) is 2.36. The van der Waals surface area contributed by atoms with Crippen molar-refractivity contribution in [2.75, 3.05) is 52.9 Å². The minimum atomic E-state index is -0.186. The number of nitrogens with zero attached hydrogens (tertiary/aromatic N) is 3. The van der Waals surface area contributed by atoms with E-state index in [1.165, 1.54) is 19.3 Å². The molecule has 0 spiro atoms. The lowest BCUT2D eigenvalue weighted by Crippen LogP contribution is -2.61. The van der Waals surface area contributed by atoms with E-state index < -0.39 is 0 Å². The van der Waals surface area contributed by atoms with Crippen LogP contribution in [-0.4, -0.2) is 109 Å². The molecule has 246 valence electrons. The fraction of sp³-hybridized carbons (Fsp3) is 0.861. The molecular formula is C36H58N3O5+. The molecular weight excluding hydrogens is 554 g/mol. The Labute approximate surface area is 265 Å². The Bertz CT molecular complexity index is 1120. The van der Waals surface area contributed by atoms with Gasteiger partial charge in [0.25, 0.3) is 0 Å². The number of rotatable bonds is 6. The Hall–Kier alpha value is -1.77. The van der Waals surface area contributed by atoms with Gasteiger partial charge in [0.05, 0.1) is 26.7 Å². The highest BCUT2D eigenvalue weighted by Crippen LogP contribution is 2.67. The molecule has 6 aliphatic rings. The van der Waals surface area contributed by atoms with Gasteiger partial charge in [-0.15, -0.1) is 0 Å². The summed E-state index contributed by atoms with van der Waals surface area (Å²) in [7, 11) is 2.34. The lowest BCUT2D eigenvalue weighted by molar-refractivity contribution is -0.908. The summed E-state index contributed by atoms with van der Waals surface area (Å²) in [4.78, 5) is 42.0. The Morgan fingerprint density at radius 3 is 2.20 bits per heavy atom. The summed E-state index contributed by atoms with van der Waals surface area (Å²) in [6.07, 6.45) is 10.9. The maximum absolute atomic E-state index is 12.6. The van der Waals surface area contributed by atoms with E-state index in [0.29, 0.717) is 42.3 Å². The highest BCUT2D eigenvalue weighted by Gasteiger charge is 2.65. The number of likely N-dealkylation sites (tertiary alicyclic amines) is 1. The van der Waals surface area contributed by atoms with Crippen LogP contribution in [0.25, 0.3) is 0 Å². The molecule has 0 aromatic rings. The van der Waals surface area contributed by atoms with Crippen LogP contribution in [-0.2, 0) is 23.9 Å². The fourth-order valence-electron chi connectivity index (χ4n) is 11.6. The summed E-state index contributed by atoms with van der Waals surface area (Å²) in [5, 5.41) is 0. The average molecular weight is 613 g/mol. The second-order valence-corrected chi connectivity index (χ2v) is 16.3. The second kappa shape index (κ2) is 12.1. The van der Waals surface area contributed by atoms with Crippen LogP contribution in [0, 0.1) is 34.5 Å². The van der Waals surface area contributed by atoms with Crippen molar-refractivity contribution in [2.45, 2.75) is 110 Å². The number of hydrogen-bond donors (Lipinski definition) is 0. The molecule has 2 aliphatic heterocycles. The molecule has 0 aromatic heterocycles. The van der Waals surface area contributed by atoms with Gasteiger partial charge in [-0.3, -0.25) is 24.2 Å². The third-order valence-corrected chi connectivity index (χ3v) is 13.9. The Kier molecular flexibility index (Phi) is 8.86. The molecule has 10 atom stereocenters. The number of hydrogen-bond acceptors (Lipinski definition) is 7. The molecule has 0 N–H and O–H groups in total. The Balaban J connectivity index is 1.25. The van der Waals surface area contributed by atoms with Gasteiger partial charge in [-0.1, -0.05) is 20.4 Å². The minimum absolute atomic E-state index is 0.000992. The van der Waals surface area contributed by atoms with Crippen LogP contribution in [0.4, 0.5) is 0 Å². The van der Waals surface area contributed by atoms with Crippen molar-refractivity contribution in [1.29, 1.82) is 0 Å². The van der Waals surface area contributed by atoms with Crippen molar-refractivity contribution < 1.29 is 28.3 Å². The van der Waals surface area contributed by atoms with Crippen LogP contribution in [0.15, 0.2) is 12.7 Å². The zero-order valence-electron chi connectivity index (χ0n) is 28.1. The van der Waals surface area contributed by atoms with Gasteiger partial charge in [-0.25, -0.2) is 0 Å². The predicted molar refractivity (Wildman–Crippen MR) is 170 cm³/mol. The standard InChI is InChI=1S/C36H58N3O5/c1-7-18-39(6)19-16-38(17-20-39)31-22-30-28-9-8-26-21-33(43-24(2)40)32(37-14-11-27(42)12-15-37)23-36(26,5)29(28)10-13-35(30,4)34(31)44-25(3)41/h7,26,28-34H,1,8-23H2,2-6H3/q+1/t26-,28?,29?,30?,31-,32-,33-,34-,35-,36-/m0/s1. The topological polar surface area (TPSA) is 76.2 Å². The van der Waals surface area contributed by atoms with Crippen molar-refractivity contribution in [1.82, 2.24) is 9.80 Å². The molecule has 0 aromatic carbocycles. The first-order valence-electron chi connectivity index (χ1n) is 17.7. The van der Waals surface area contributed by atoms with Crippen molar-refractivity contribution in [3.05, 3.63) is 12.7 Å². The first-order valence-corrected chi connectivity index (χ1v) is 17.7. The molecule has 3 unspecified atom stereocenters. The molecule has 0 radical (unpaired) electrons. The highest BCUT2D eigenvalue weighted by atomic mass is 16.5. The van der Waals surface area contributed by atoms with Crippen molar-refractivity contribution in [3.8, 4) is 0 Å². The van der Waals surface area contributed by atoms with Crippen LogP contribution in [0.3, 0.4) is 0 Å². The maximum Gasteiger partial charge on any atom is 0.302 e. The highest BCUT2D eigenvalue weighted by molar-refractivity contribution is 5.79.